The Morgan fingerprint density at radius 3 is 2.16 bits per heavy atom. The Morgan fingerprint density at radius 2 is 1.53 bits per heavy atom. The van der Waals surface area contributed by atoms with Crippen LogP contribution in [0.1, 0.15) is 38.7 Å². The minimum atomic E-state index is -0.0970. The number of benzene rings is 1. The van der Waals surface area contributed by atoms with Crippen molar-refractivity contribution in [2.75, 3.05) is 59.9 Å². The first-order valence-electron chi connectivity index (χ1n) is 11.1. The number of piperidine rings is 1. The number of anilines is 4. The molecule has 0 spiro atoms. The van der Waals surface area contributed by atoms with Crippen LogP contribution in [-0.2, 0) is 9.53 Å². The number of aromatic nitrogens is 3. The highest BCUT2D eigenvalue weighted by atomic mass is 16.5. The molecule has 2 aromatic rings. The van der Waals surface area contributed by atoms with Gasteiger partial charge in [-0.3, -0.25) is 4.79 Å². The molecule has 0 saturated carbocycles. The van der Waals surface area contributed by atoms with Crippen molar-refractivity contribution in [1.29, 1.82) is 0 Å². The molecule has 10 heteroatoms. The molecular weight excluding hydrogens is 408 g/mol. The van der Waals surface area contributed by atoms with Gasteiger partial charge in [0.1, 0.15) is 0 Å². The maximum atomic E-state index is 11.2. The van der Waals surface area contributed by atoms with Gasteiger partial charge in [-0.1, -0.05) is 12.1 Å². The Bertz CT molecular complexity index is 915. The van der Waals surface area contributed by atoms with Crippen molar-refractivity contribution in [3.05, 3.63) is 29.8 Å². The molecule has 2 fully saturated rings. The lowest BCUT2D eigenvalue weighted by molar-refractivity contribution is -0.114. The second kappa shape index (κ2) is 10.4. The second-order valence-corrected chi connectivity index (χ2v) is 7.97. The number of morpholine rings is 1. The Balaban J connectivity index is 1.53. The summed E-state index contributed by atoms with van der Waals surface area (Å²) >= 11 is 0. The fourth-order valence-electron chi connectivity index (χ4n) is 3.74. The summed E-state index contributed by atoms with van der Waals surface area (Å²) in [5, 5.41) is 7.26. The van der Waals surface area contributed by atoms with Crippen LogP contribution in [0.15, 0.2) is 29.4 Å². The number of nitrogens with zero attached hydrogens (tertiary/aromatic N) is 6. The molecule has 10 nitrogen and oxygen atoms in total. The molecule has 0 bridgehead atoms. The zero-order chi connectivity index (χ0) is 22.3. The maximum absolute atomic E-state index is 11.2. The van der Waals surface area contributed by atoms with Crippen LogP contribution >= 0.6 is 0 Å². The van der Waals surface area contributed by atoms with Crippen molar-refractivity contribution in [3.8, 4) is 0 Å². The van der Waals surface area contributed by atoms with E-state index in [-0.39, 0.29) is 5.91 Å². The van der Waals surface area contributed by atoms with E-state index in [9.17, 15) is 4.79 Å². The summed E-state index contributed by atoms with van der Waals surface area (Å²) < 4.78 is 5.47. The maximum Gasteiger partial charge on any atom is 0.250 e. The standard InChI is InChI=1S/C22H30N8O2/c1-16(18-6-8-19(9-7-18)23-17(2)31)27-28-20-24-21(29-10-4-3-5-11-29)26-22(25-20)30-12-14-32-15-13-30/h6-9H,3-5,10-15H2,1-2H3,(H,23,31)(H,24,25,26,28). The van der Waals surface area contributed by atoms with Gasteiger partial charge in [0, 0.05) is 38.8 Å². The lowest BCUT2D eigenvalue weighted by Gasteiger charge is -2.30. The van der Waals surface area contributed by atoms with Crippen molar-refractivity contribution in [1.82, 2.24) is 15.0 Å². The number of hydrazone groups is 1. The Labute approximate surface area is 188 Å². The van der Waals surface area contributed by atoms with E-state index < -0.39 is 0 Å². The number of ether oxygens (including phenoxy) is 1. The van der Waals surface area contributed by atoms with Gasteiger partial charge < -0.3 is 19.9 Å². The van der Waals surface area contributed by atoms with Crippen molar-refractivity contribution in [3.63, 3.8) is 0 Å². The summed E-state index contributed by atoms with van der Waals surface area (Å²) in [4.78, 5) is 29.6. The molecule has 3 heterocycles. The third-order valence-electron chi connectivity index (χ3n) is 5.49. The molecule has 2 N–H and O–H groups in total. The molecule has 170 valence electrons. The van der Waals surface area contributed by atoms with Gasteiger partial charge in [0.15, 0.2) is 0 Å². The monoisotopic (exact) mass is 438 g/mol. The number of rotatable bonds is 6. The lowest BCUT2D eigenvalue weighted by atomic mass is 10.1. The molecule has 0 radical (unpaired) electrons. The van der Waals surface area contributed by atoms with Gasteiger partial charge in [-0.25, -0.2) is 5.43 Å². The predicted octanol–water partition coefficient (Wildman–Crippen LogP) is 2.49. The number of amides is 1. The summed E-state index contributed by atoms with van der Waals surface area (Å²) in [5.74, 6) is 1.67. The van der Waals surface area contributed by atoms with Crippen LogP contribution in [0.3, 0.4) is 0 Å². The Morgan fingerprint density at radius 1 is 0.906 bits per heavy atom. The Kier molecular flexibility index (Phi) is 7.10. The Hall–Kier alpha value is -3.27. The number of carbonyl (C=O) groups excluding carboxylic acids is 1. The van der Waals surface area contributed by atoms with Gasteiger partial charge in [0.05, 0.1) is 18.9 Å². The van der Waals surface area contributed by atoms with Gasteiger partial charge in [-0.15, -0.1) is 0 Å². The first-order valence-corrected chi connectivity index (χ1v) is 11.1. The van der Waals surface area contributed by atoms with Gasteiger partial charge >= 0.3 is 0 Å². The highest BCUT2D eigenvalue weighted by Crippen LogP contribution is 2.21. The lowest BCUT2D eigenvalue weighted by Crippen LogP contribution is -2.38. The first-order chi connectivity index (χ1) is 15.6. The molecule has 2 saturated heterocycles. The van der Waals surface area contributed by atoms with Gasteiger partial charge in [-0.05, 0) is 43.9 Å². The molecule has 0 unspecified atom stereocenters. The minimum Gasteiger partial charge on any atom is -0.378 e. The zero-order valence-electron chi connectivity index (χ0n) is 18.7. The summed E-state index contributed by atoms with van der Waals surface area (Å²) in [5.41, 5.74) is 5.49. The van der Waals surface area contributed by atoms with Crippen LogP contribution in [0.25, 0.3) is 0 Å². The van der Waals surface area contributed by atoms with E-state index in [0.29, 0.717) is 31.1 Å². The molecular formula is C22H30N8O2. The fourth-order valence-corrected chi connectivity index (χ4v) is 3.74. The molecule has 4 rings (SSSR count). The van der Waals surface area contributed by atoms with Gasteiger partial charge in [0.2, 0.25) is 23.8 Å². The van der Waals surface area contributed by atoms with Crippen LogP contribution in [0.2, 0.25) is 0 Å². The summed E-state index contributed by atoms with van der Waals surface area (Å²) in [6, 6.07) is 7.53. The molecule has 1 amide bonds. The van der Waals surface area contributed by atoms with Crippen LogP contribution < -0.4 is 20.5 Å². The average Bonchev–Trinajstić information content (AvgIpc) is 2.83. The SMILES string of the molecule is CC(=O)Nc1ccc(C(C)=NNc2nc(N3CCCCC3)nc(N3CCOCC3)n2)cc1. The minimum absolute atomic E-state index is 0.0970. The number of carbonyl (C=O) groups is 1. The largest absolute Gasteiger partial charge is 0.378 e. The van der Waals surface area contributed by atoms with Gasteiger partial charge in [0.25, 0.3) is 0 Å². The molecule has 0 aliphatic carbocycles. The number of hydrogen-bond donors (Lipinski definition) is 2. The van der Waals surface area contributed by atoms with E-state index in [4.69, 9.17) is 9.72 Å². The molecule has 1 aromatic heterocycles. The highest BCUT2D eigenvalue weighted by molar-refractivity contribution is 5.99. The van der Waals surface area contributed by atoms with E-state index in [2.05, 4.69) is 35.6 Å². The summed E-state index contributed by atoms with van der Waals surface area (Å²) in [7, 11) is 0. The van der Waals surface area contributed by atoms with Crippen molar-refractivity contribution < 1.29 is 9.53 Å². The predicted molar refractivity (Wildman–Crippen MR) is 126 cm³/mol. The van der Waals surface area contributed by atoms with Crippen LogP contribution in [-0.4, -0.2) is 66.0 Å². The van der Waals surface area contributed by atoms with Crippen LogP contribution in [0.4, 0.5) is 23.5 Å². The van der Waals surface area contributed by atoms with Crippen LogP contribution in [0, 0.1) is 0 Å². The second-order valence-electron chi connectivity index (χ2n) is 7.97. The topological polar surface area (TPSA) is 108 Å². The fraction of sp³-hybridized carbons (Fsp3) is 0.500. The van der Waals surface area contributed by atoms with Crippen LogP contribution in [0.5, 0.6) is 0 Å². The number of hydrogen-bond acceptors (Lipinski definition) is 9. The van der Waals surface area contributed by atoms with Crippen molar-refractivity contribution in [2.24, 2.45) is 5.10 Å². The van der Waals surface area contributed by atoms with Crippen molar-refractivity contribution >= 4 is 35.2 Å². The molecule has 0 atom stereocenters. The van der Waals surface area contributed by atoms with E-state index in [1.54, 1.807) is 0 Å². The van der Waals surface area contributed by atoms with E-state index in [1.807, 2.05) is 31.2 Å². The normalized spacial score (nSPS) is 17.2. The van der Waals surface area contributed by atoms with Gasteiger partial charge in [-0.2, -0.15) is 20.1 Å². The van der Waals surface area contributed by atoms with E-state index in [1.165, 1.54) is 13.3 Å². The molecule has 2 aliphatic rings. The summed E-state index contributed by atoms with van der Waals surface area (Å²) in [6.07, 6.45) is 3.54. The molecule has 2 aliphatic heterocycles. The molecule has 32 heavy (non-hydrogen) atoms. The third-order valence-corrected chi connectivity index (χ3v) is 5.49. The highest BCUT2D eigenvalue weighted by Gasteiger charge is 2.20. The third kappa shape index (κ3) is 5.70. The molecule has 1 aromatic carbocycles. The zero-order valence-corrected chi connectivity index (χ0v) is 18.7. The smallest absolute Gasteiger partial charge is 0.250 e. The van der Waals surface area contributed by atoms with Crippen molar-refractivity contribution in [2.45, 2.75) is 33.1 Å². The average molecular weight is 439 g/mol. The summed E-state index contributed by atoms with van der Waals surface area (Å²) in [6.45, 7) is 8.15. The van der Waals surface area contributed by atoms with E-state index in [0.717, 1.165) is 56.0 Å². The van der Waals surface area contributed by atoms with E-state index >= 15 is 0 Å². The number of nitrogens with one attached hydrogen (secondary N) is 2. The first kappa shape index (κ1) is 21.9. The quantitative estimate of drug-likeness (QED) is 0.523.